The van der Waals surface area contributed by atoms with E-state index < -0.39 is 41.3 Å². The van der Waals surface area contributed by atoms with E-state index in [-0.39, 0.29) is 28.6 Å². The van der Waals surface area contributed by atoms with Gasteiger partial charge in [-0.15, -0.1) is 23.5 Å². The molecule has 9 saturated heterocycles. The predicted octanol–water partition coefficient (Wildman–Crippen LogP) is 5.79. The third kappa shape index (κ3) is 33.2. The summed E-state index contributed by atoms with van der Waals surface area (Å²) in [6.45, 7) is 46.2. The maximum atomic E-state index is 11.1. The summed E-state index contributed by atoms with van der Waals surface area (Å²) in [6.07, 6.45) is 3.08. The lowest BCUT2D eigenvalue weighted by Gasteiger charge is -2.12. The third-order valence-electron chi connectivity index (χ3n) is 14.4. The fourth-order valence-corrected chi connectivity index (χ4v) is 17.7. The van der Waals surface area contributed by atoms with Crippen molar-refractivity contribution < 1.29 is 34.7 Å². The third-order valence-corrected chi connectivity index (χ3v) is 23.8. The second-order valence-corrected chi connectivity index (χ2v) is 34.5. The molecule has 11 atom stereocenters. The Hall–Kier alpha value is 0.460. The van der Waals surface area contributed by atoms with E-state index in [1.807, 2.05) is 51.2 Å². The van der Waals surface area contributed by atoms with Crippen LogP contribution < -0.4 is 47.9 Å². The lowest BCUT2D eigenvalue weighted by atomic mass is 10.0. The van der Waals surface area contributed by atoms with Crippen LogP contribution in [0.25, 0.3) is 0 Å². The lowest BCUT2D eigenvalue weighted by Crippen LogP contribution is -2.32. The molecule has 9 aliphatic heterocycles. The Morgan fingerprint density at radius 2 is 1.19 bits per heavy atom. The van der Waals surface area contributed by atoms with Gasteiger partial charge in [0.15, 0.2) is 19.7 Å². The van der Waals surface area contributed by atoms with Crippen LogP contribution in [0.15, 0.2) is 0 Å². The van der Waals surface area contributed by atoms with Crippen molar-refractivity contribution in [2.75, 3.05) is 105 Å². The molecule has 0 bridgehead atoms. The summed E-state index contributed by atoms with van der Waals surface area (Å²) < 4.78 is 76.3. The first-order chi connectivity index (χ1) is 36.5. The van der Waals surface area contributed by atoms with Crippen LogP contribution in [0.4, 0.5) is 0 Å². The molecule has 0 radical (unpaired) electrons. The fourth-order valence-electron chi connectivity index (χ4n) is 9.02. The van der Waals surface area contributed by atoms with Crippen molar-refractivity contribution in [3.63, 3.8) is 0 Å². The molecule has 0 saturated carbocycles. The highest BCUT2D eigenvalue weighted by atomic mass is 32.2. The van der Waals surface area contributed by atoms with Gasteiger partial charge in [-0.3, -0.25) is 29.7 Å². The van der Waals surface area contributed by atoms with Crippen LogP contribution in [0.1, 0.15) is 137 Å². The first-order valence-corrected chi connectivity index (χ1v) is 38.2. The van der Waals surface area contributed by atoms with Gasteiger partial charge in [0.25, 0.3) is 0 Å². The van der Waals surface area contributed by atoms with Crippen LogP contribution in [0.3, 0.4) is 0 Å². The minimum Gasteiger partial charge on any atom is -0.365 e. The molecule has 23 heteroatoms. The fraction of sp³-hybridized carbons (Fsp3) is 1.00. The molecule has 11 unspecified atom stereocenters. The summed E-state index contributed by atoms with van der Waals surface area (Å²) in [5, 5.41) is 29.8. The maximum absolute atomic E-state index is 11.1. The molecule has 0 aromatic carbocycles. The molecular weight excluding hydrogens is 1110 g/mol. The first kappa shape index (κ1) is 76.5. The molecule has 468 valence electrons. The standard InChI is InChI=1S/C7H15N.2C6H13NO2S.2C6H13NOS.2C6H13NO.2C6H13NS/c1-6(2)7-4-3-5-8-7;1-5(2)6-3-10(8,9)4-7-6;1-5(2)6-7-3-4-10(6,8)9;1-5(2)6-3-9(8)4-7-6;1-5(2)6-7-3-4-9(6)8;1-5(2)6-3-8-4-7-6;1-5(2)6-7-3-4-8-6;1-5(2)6-3-8-4-7-6;1-5(2)6-7-3-4-8-6/h6-8H,3-5H2,1-2H3;2*5-7H,3-4H2,1-2H3;2*5-7H,3-4H2,1-2H3;4*5-7H,3-4H2,1-2H3. The number of rotatable bonds is 9. The van der Waals surface area contributed by atoms with Gasteiger partial charge in [-0.2, -0.15) is 0 Å². The van der Waals surface area contributed by atoms with Gasteiger partial charge in [0, 0.05) is 107 Å². The van der Waals surface area contributed by atoms with Gasteiger partial charge in [-0.05, 0) is 72.6 Å². The average Bonchev–Trinajstić information content (AvgIpc) is 4.21. The zero-order chi connectivity index (χ0) is 59.2. The zero-order valence-corrected chi connectivity index (χ0v) is 56.9. The molecule has 0 aromatic heterocycles. The molecule has 0 aromatic rings. The number of ether oxygens (including phenoxy) is 2. The van der Waals surface area contributed by atoms with E-state index >= 15 is 0 Å². The van der Waals surface area contributed by atoms with E-state index in [1.54, 1.807) is 0 Å². The van der Waals surface area contributed by atoms with Gasteiger partial charge in [0.2, 0.25) is 0 Å². The number of hydrogen-bond donors (Lipinski definition) is 9. The second-order valence-electron chi connectivity index (χ2n) is 24.7. The van der Waals surface area contributed by atoms with Crippen molar-refractivity contribution in [2.24, 2.45) is 53.3 Å². The molecule has 17 nitrogen and oxygen atoms in total. The van der Waals surface area contributed by atoms with Gasteiger partial charge in [0.1, 0.15) is 11.6 Å². The largest absolute Gasteiger partial charge is 0.365 e. The minimum absolute atomic E-state index is 0.163. The normalized spacial score (nSPS) is 31.5. The van der Waals surface area contributed by atoms with E-state index in [0.29, 0.717) is 71.8 Å². The Labute approximate surface area is 492 Å². The molecule has 9 N–H and O–H groups in total. The Kier molecular flexibility index (Phi) is 40.7. The quantitative estimate of drug-likeness (QED) is 0.133. The molecular formula is C55H119N9O8S6. The van der Waals surface area contributed by atoms with Crippen LogP contribution in [0.2, 0.25) is 0 Å². The van der Waals surface area contributed by atoms with Crippen molar-refractivity contribution in [2.45, 2.75) is 190 Å². The summed E-state index contributed by atoms with van der Waals surface area (Å²) in [5.41, 5.74) is 0. The van der Waals surface area contributed by atoms with Gasteiger partial charge in [0.05, 0.1) is 54.0 Å². The summed E-state index contributed by atoms with van der Waals surface area (Å²) in [7, 11) is -6.74. The lowest BCUT2D eigenvalue weighted by molar-refractivity contribution is 0.0650. The van der Waals surface area contributed by atoms with Crippen molar-refractivity contribution in [3.05, 3.63) is 0 Å². The monoisotopic (exact) mass is 1230 g/mol. The molecule has 0 spiro atoms. The molecule has 0 amide bonds. The smallest absolute Gasteiger partial charge is 0.167 e. The number of hydrogen-bond acceptors (Lipinski definition) is 19. The highest BCUT2D eigenvalue weighted by molar-refractivity contribution is 8.00. The van der Waals surface area contributed by atoms with Crippen molar-refractivity contribution in [1.29, 1.82) is 0 Å². The number of sulfone groups is 2. The minimum atomic E-state index is -2.80. The average molecular weight is 1230 g/mol. The summed E-state index contributed by atoms with van der Waals surface area (Å²) in [5.74, 6) is 12.4. The molecule has 78 heavy (non-hydrogen) atoms. The first-order valence-electron chi connectivity index (χ1n) is 29.6. The van der Waals surface area contributed by atoms with Crippen LogP contribution in [-0.2, 0) is 50.7 Å². The van der Waals surface area contributed by atoms with E-state index in [9.17, 15) is 25.3 Å². The van der Waals surface area contributed by atoms with E-state index in [0.717, 1.165) is 85.6 Å². The molecule has 9 aliphatic rings. The summed E-state index contributed by atoms with van der Waals surface area (Å²) in [6, 6.07) is 2.85. The Morgan fingerprint density at radius 3 is 1.42 bits per heavy atom. The van der Waals surface area contributed by atoms with Crippen LogP contribution in [0, 0.1) is 53.3 Å². The SMILES string of the molecule is CC(C)C1CCCN1.CC(C)C1COCN1.CC(C)C1CS(=O)(=O)CN1.CC(C)C1CS(=O)CN1.CC(C)C1CSCN1.CC(C)C1NCCO1.CC(C)C1NCCS1.CC(C)C1NCCS1(=O)=O.CC(C)C1NCCS1=O. The van der Waals surface area contributed by atoms with Gasteiger partial charge in [-0.25, -0.2) is 16.8 Å². The Morgan fingerprint density at radius 1 is 0.551 bits per heavy atom. The van der Waals surface area contributed by atoms with Gasteiger partial charge < -0.3 is 36.1 Å². The highest BCUT2D eigenvalue weighted by Crippen LogP contribution is 2.21. The zero-order valence-electron chi connectivity index (χ0n) is 52.0. The van der Waals surface area contributed by atoms with E-state index in [2.05, 4.69) is 145 Å². The van der Waals surface area contributed by atoms with Crippen molar-refractivity contribution in [3.8, 4) is 0 Å². The van der Waals surface area contributed by atoms with Crippen molar-refractivity contribution >= 4 is 64.8 Å². The number of thioether (sulfide) groups is 2. The summed E-state index contributed by atoms with van der Waals surface area (Å²) >= 11 is 4.04. The predicted molar refractivity (Wildman–Crippen MR) is 339 cm³/mol. The van der Waals surface area contributed by atoms with Crippen LogP contribution in [0.5, 0.6) is 0 Å². The van der Waals surface area contributed by atoms with Crippen molar-refractivity contribution in [1.82, 2.24) is 47.9 Å². The Balaban J connectivity index is 0.000000439. The second kappa shape index (κ2) is 41.5. The molecule has 9 heterocycles. The van der Waals surface area contributed by atoms with Gasteiger partial charge >= 0.3 is 0 Å². The van der Waals surface area contributed by atoms with Crippen LogP contribution in [-0.4, -0.2) is 183 Å². The molecule has 0 aliphatic carbocycles. The summed E-state index contributed by atoms with van der Waals surface area (Å²) in [4.78, 5) is 0. The topological polar surface area (TPSA) is 229 Å². The van der Waals surface area contributed by atoms with Crippen LogP contribution >= 0.6 is 23.5 Å². The number of nitrogens with one attached hydrogen (secondary N) is 9. The van der Waals surface area contributed by atoms with E-state index in [4.69, 9.17) is 9.47 Å². The highest BCUT2D eigenvalue weighted by Gasteiger charge is 2.33. The molecule has 9 fully saturated rings. The maximum Gasteiger partial charge on any atom is 0.167 e. The Bertz CT molecular complexity index is 1670. The molecule has 9 rings (SSSR count). The van der Waals surface area contributed by atoms with E-state index in [1.165, 1.54) is 37.4 Å². The van der Waals surface area contributed by atoms with Gasteiger partial charge in [-0.1, -0.05) is 125 Å².